The number of nitrogens with two attached hydrogens (primary N) is 1. The molecule has 0 unspecified atom stereocenters. The minimum absolute atomic E-state index is 0.0903. The van der Waals surface area contributed by atoms with Crippen molar-refractivity contribution in [2.75, 3.05) is 19.6 Å². The molecule has 1 fully saturated rings. The molecule has 4 aromatic rings. The third-order valence-corrected chi connectivity index (χ3v) is 8.09. The van der Waals surface area contributed by atoms with E-state index in [0.29, 0.717) is 38.9 Å². The summed E-state index contributed by atoms with van der Waals surface area (Å²) in [6.45, 7) is 1.83. The van der Waals surface area contributed by atoms with Crippen LogP contribution in [0.25, 0.3) is 10.8 Å². The van der Waals surface area contributed by atoms with Gasteiger partial charge >= 0.3 is 0 Å². The summed E-state index contributed by atoms with van der Waals surface area (Å²) in [5, 5.41) is 5.83. The lowest BCUT2D eigenvalue weighted by atomic mass is 9.90. The third kappa shape index (κ3) is 6.85. The summed E-state index contributed by atoms with van der Waals surface area (Å²) >= 11 is 0. The van der Waals surface area contributed by atoms with Gasteiger partial charge in [-0.05, 0) is 60.2 Å². The fourth-order valence-corrected chi connectivity index (χ4v) is 5.83. The van der Waals surface area contributed by atoms with Crippen LogP contribution in [0.3, 0.4) is 0 Å². The number of carbonyl (C=O) groups is 2. The largest absolute Gasteiger partial charge is 0.340 e. The summed E-state index contributed by atoms with van der Waals surface area (Å²) in [6, 6.07) is 34.7. The summed E-state index contributed by atoms with van der Waals surface area (Å²) in [5.41, 5.74) is 8.99. The molecule has 0 spiro atoms. The predicted octanol–water partition coefficient (Wildman–Crippen LogP) is 5.93. The summed E-state index contributed by atoms with van der Waals surface area (Å²) in [4.78, 5) is 29.0. The van der Waals surface area contributed by atoms with Gasteiger partial charge in [0.2, 0.25) is 5.91 Å². The Labute approximate surface area is 237 Å². The summed E-state index contributed by atoms with van der Waals surface area (Å²) in [5.74, 6) is 0.368. The molecule has 2 atom stereocenters. The van der Waals surface area contributed by atoms with Gasteiger partial charge < -0.3 is 16.0 Å². The van der Waals surface area contributed by atoms with Crippen LogP contribution >= 0.6 is 0 Å². The number of hydrogen-bond donors (Lipinski definition) is 2. The standard InChI is InChI=1S/C35H39N3O2/c36-22-9-16-33-35(40)38(25-32(27-11-3-1-4-12-27)28-13-5-2-6-14-28)23-21-31(37-33)19-20-34(39)30-18-17-26-10-7-8-15-29(26)24-30/h1-8,10-15,17-18,24,31-33,37H,9,16,19-23,25,36H2/t31-,33+/m1/s1. The van der Waals surface area contributed by atoms with E-state index in [1.807, 2.05) is 53.4 Å². The number of nitrogens with one attached hydrogen (secondary N) is 1. The summed E-state index contributed by atoms with van der Waals surface area (Å²) in [6.07, 6.45) is 3.44. The minimum Gasteiger partial charge on any atom is -0.340 e. The molecule has 1 heterocycles. The molecule has 1 aliphatic rings. The number of fused-ring (bicyclic) bond motifs is 1. The SMILES string of the molecule is NCCC[C@@H]1N[C@H](CCC(=O)c2ccc3ccccc3c2)CCN(CC(c2ccccc2)c2ccccc2)C1=O. The zero-order chi connectivity index (χ0) is 27.7. The number of Topliss-reactive ketones (excluding diaryl/α,β-unsaturated/α-hetero) is 1. The van der Waals surface area contributed by atoms with Crippen LogP contribution in [-0.4, -0.2) is 48.3 Å². The van der Waals surface area contributed by atoms with Crippen molar-refractivity contribution in [1.82, 2.24) is 10.2 Å². The summed E-state index contributed by atoms with van der Waals surface area (Å²) in [7, 11) is 0. The molecule has 0 aromatic heterocycles. The van der Waals surface area contributed by atoms with Gasteiger partial charge in [-0.3, -0.25) is 9.59 Å². The van der Waals surface area contributed by atoms with Crippen molar-refractivity contribution in [3.05, 3.63) is 120 Å². The Hall–Kier alpha value is -3.80. The van der Waals surface area contributed by atoms with Crippen molar-refractivity contribution in [3.63, 3.8) is 0 Å². The topological polar surface area (TPSA) is 75.4 Å². The molecule has 3 N–H and O–H groups in total. The Morgan fingerprint density at radius 3 is 2.17 bits per heavy atom. The first-order chi connectivity index (χ1) is 19.6. The molecule has 206 valence electrons. The Bertz CT molecular complexity index is 1370. The second kappa shape index (κ2) is 13.5. The van der Waals surface area contributed by atoms with Gasteiger partial charge in [0.25, 0.3) is 0 Å². The maximum Gasteiger partial charge on any atom is 0.239 e. The highest BCUT2D eigenvalue weighted by atomic mass is 16.2. The molecule has 1 aliphatic heterocycles. The molecule has 5 rings (SSSR count). The Morgan fingerprint density at radius 2 is 1.50 bits per heavy atom. The molecule has 5 heteroatoms. The van der Waals surface area contributed by atoms with E-state index in [4.69, 9.17) is 5.73 Å². The van der Waals surface area contributed by atoms with Crippen LogP contribution in [-0.2, 0) is 4.79 Å². The maximum atomic E-state index is 13.8. The highest BCUT2D eigenvalue weighted by Gasteiger charge is 2.32. The highest BCUT2D eigenvalue weighted by molar-refractivity contribution is 6.00. The first-order valence-electron chi connectivity index (χ1n) is 14.5. The molecule has 0 saturated carbocycles. The van der Waals surface area contributed by atoms with Crippen molar-refractivity contribution >= 4 is 22.5 Å². The van der Waals surface area contributed by atoms with Gasteiger partial charge in [0.15, 0.2) is 5.78 Å². The van der Waals surface area contributed by atoms with Gasteiger partial charge in [0.1, 0.15) is 0 Å². The number of rotatable bonds is 11. The molecular formula is C35H39N3O2. The number of nitrogens with zero attached hydrogens (tertiary/aromatic N) is 1. The van der Waals surface area contributed by atoms with Gasteiger partial charge in [-0.2, -0.15) is 0 Å². The zero-order valence-corrected chi connectivity index (χ0v) is 23.0. The van der Waals surface area contributed by atoms with Gasteiger partial charge in [-0.25, -0.2) is 0 Å². The van der Waals surface area contributed by atoms with Gasteiger partial charge in [-0.15, -0.1) is 0 Å². The van der Waals surface area contributed by atoms with Crippen molar-refractivity contribution in [1.29, 1.82) is 0 Å². The van der Waals surface area contributed by atoms with E-state index < -0.39 is 0 Å². The average molecular weight is 534 g/mol. The number of hydrogen-bond acceptors (Lipinski definition) is 4. The lowest BCUT2D eigenvalue weighted by molar-refractivity contribution is -0.133. The van der Waals surface area contributed by atoms with Gasteiger partial charge in [0, 0.05) is 37.0 Å². The van der Waals surface area contributed by atoms with Crippen LogP contribution in [0.2, 0.25) is 0 Å². The quantitative estimate of drug-likeness (QED) is 0.234. The predicted molar refractivity (Wildman–Crippen MR) is 162 cm³/mol. The third-order valence-electron chi connectivity index (χ3n) is 8.09. The fraction of sp³-hybridized carbons (Fsp3) is 0.314. The molecule has 0 radical (unpaired) electrons. The molecule has 4 aromatic carbocycles. The second-order valence-corrected chi connectivity index (χ2v) is 10.8. The molecule has 1 saturated heterocycles. The fourth-order valence-electron chi connectivity index (χ4n) is 5.83. The number of amides is 1. The lowest BCUT2D eigenvalue weighted by Crippen LogP contribution is -2.47. The molecule has 1 amide bonds. The Balaban J connectivity index is 1.30. The van der Waals surface area contributed by atoms with E-state index in [1.165, 1.54) is 11.1 Å². The van der Waals surface area contributed by atoms with Crippen LogP contribution in [0.5, 0.6) is 0 Å². The molecule has 5 nitrogen and oxygen atoms in total. The van der Waals surface area contributed by atoms with Crippen LogP contribution in [0.15, 0.2) is 103 Å². The van der Waals surface area contributed by atoms with E-state index in [-0.39, 0.29) is 29.7 Å². The monoisotopic (exact) mass is 533 g/mol. The van der Waals surface area contributed by atoms with E-state index in [1.54, 1.807) is 0 Å². The van der Waals surface area contributed by atoms with Crippen LogP contribution < -0.4 is 11.1 Å². The molecule has 40 heavy (non-hydrogen) atoms. The minimum atomic E-state index is -0.293. The lowest BCUT2D eigenvalue weighted by Gasteiger charge is -2.29. The first-order valence-corrected chi connectivity index (χ1v) is 14.5. The highest BCUT2D eigenvalue weighted by Crippen LogP contribution is 2.27. The van der Waals surface area contributed by atoms with Gasteiger partial charge in [0.05, 0.1) is 6.04 Å². The van der Waals surface area contributed by atoms with Crippen molar-refractivity contribution in [2.24, 2.45) is 5.73 Å². The summed E-state index contributed by atoms with van der Waals surface area (Å²) < 4.78 is 0. The van der Waals surface area contributed by atoms with Crippen LogP contribution in [0, 0.1) is 0 Å². The van der Waals surface area contributed by atoms with Crippen molar-refractivity contribution < 1.29 is 9.59 Å². The normalized spacial score (nSPS) is 17.8. The maximum absolute atomic E-state index is 13.8. The van der Waals surface area contributed by atoms with Crippen LogP contribution in [0.4, 0.5) is 0 Å². The van der Waals surface area contributed by atoms with E-state index in [9.17, 15) is 9.59 Å². The molecular weight excluding hydrogens is 494 g/mol. The zero-order valence-electron chi connectivity index (χ0n) is 23.0. The van der Waals surface area contributed by atoms with Crippen molar-refractivity contribution in [3.8, 4) is 0 Å². The Morgan fingerprint density at radius 1 is 0.850 bits per heavy atom. The molecule has 0 bridgehead atoms. The number of benzene rings is 4. The van der Waals surface area contributed by atoms with Gasteiger partial charge in [-0.1, -0.05) is 97.1 Å². The van der Waals surface area contributed by atoms with E-state index in [0.717, 1.165) is 29.2 Å². The number of carbonyl (C=O) groups excluding carboxylic acids is 2. The second-order valence-electron chi connectivity index (χ2n) is 10.8. The van der Waals surface area contributed by atoms with E-state index in [2.05, 4.69) is 59.9 Å². The smallest absolute Gasteiger partial charge is 0.239 e. The van der Waals surface area contributed by atoms with Crippen molar-refractivity contribution in [2.45, 2.75) is 50.1 Å². The average Bonchev–Trinajstić information content (AvgIpc) is 3.16. The first kappa shape index (κ1) is 27.8. The van der Waals surface area contributed by atoms with Crippen LogP contribution in [0.1, 0.15) is 59.5 Å². The Kier molecular flexibility index (Phi) is 9.38. The number of ketones is 1. The van der Waals surface area contributed by atoms with E-state index >= 15 is 0 Å². The molecule has 0 aliphatic carbocycles.